The van der Waals surface area contributed by atoms with Crippen molar-refractivity contribution in [3.05, 3.63) is 28.5 Å². The Labute approximate surface area is 76.2 Å². The topological polar surface area (TPSA) is 33.1 Å². The summed E-state index contributed by atoms with van der Waals surface area (Å²) in [6.45, 7) is 1.73. The van der Waals surface area contributed by atoms with Gasteiger partial charge in [-0.15, -0.1) is 0 Å². The van der Waals surface area contributed by atoms with Crippen LogP contribution in [0.25, 0.3) is 0 Å². The predicted molar refractivity (Wildman–Crippen MR) is 47.9 cm³/mol. The molecule has 0 aromatic carbocycles. The first-order valence-corrected chi connectivity index (χ1v) is 3.84. The normalized spacial score (nSPS) is 8.92. The minimum absolute atomic E-state index is 0.159. The van der Waals surface area contributed by atoms with Gasteiger partial charge in [0, 0.05) is 0 Å². The fourth-order valence-corrected chi connectivity index (χ4v) is 0.902. The molecule has 3 heteroatoms. The lowest BCUT2D eigenvalue weighted by Crippen LogP contribution is -1.88. The van der Waals surface area contributed by atoms with E-state index in [9.17, 15) is 0 Å². The van der Waals surface area contributed by atoms with Crippen LogP contribution in [0.5, 0.6) is 0 Å². The van der Waals surface area contributed by atoms with Gasteiger partial charge in [-0.25, -0.2) is 4.98 Å². The third kappa shape index (κ3) is 2.23. The Balaban J connectivity index is 3.05. The summed E-state index contributed by atoms with van der Waals surface area (Å²) in [5, 5.41) is 8.87. The summed E-state index contributed by atoms with van der Waals surface area (Å²) in [6.07, 6.45) is 0. The van der Waals surface area contributed by atoms with Crippen LogP contribution in [-0.2, 0) is 0 Å². The second kappa shape index (κ2) is 4.10. The second-order valence-electron chi connectivity index (χ2n) is 2.26. The van der Waals surface area contributed by atoms with Crippen molar-refractivity contribution < 1.29 is 5.11 Å². The van der Waals surface area contributed by atoms with Crippen LogP contribution in [0.4, 0.5) is 0 Å². The Kier molecular flexibility index (Phi) is 3.09. The molecule has 0 aliphatic carbocycles. The maximum atomic E-state index is 8.45. The molecule has 1 aromatic heterocycles. The van der Waals surface area contributed by atoms with E-state index in [4.69, 9.17) is 16.7 Å². The predicted octanol–water partition coefficient (Wildman–Crippen LogP) is 1.39. The summed E-state index contributed by atoms with van der Waals surface area (Å²) in [7, 11) is 0. The van der Waals surface area contributed by atoms with Crippen LogP contribution in [0, 0.1) is 18.8 Å². The Morgan fingerprint density at radius 3 is 3.00 bits per heavy atom. The number of pyridine rings is 1. The van der Waals surface area contributed by atoms with Crippen molar-refractivity contribution >= 4 is 11.6 Å². The summed E-state index contributed by atoms with van der Waals surface area (Å²) in [5.74, 6) is 5.22. The molecule has 0 amide bonds. The standard InChI is InChI=1S/C9H8ClNO/c1-7-4-5-9(10)11-8(7)3-2-6-12/h4-5,12H,6H2,1H3. The summed E-state index contributed by atoms with van der Waals surface area (Å²) < 4.78 is 0. The lowest BCUT2D eigenvalue weighted by atomic mass is 10.2. The number of aromatic nitrogens is 1. The summed E-state index contributed by atoms with van der Waals surface area (Å²) in [6, 6.07) is 3.55. The molecule has 2 nitrogen and oxygen atoms in total. The van der Waals surface area contributed by atoms with Gasteiger partial charge in [-0.3, -0.25) is 0 Å². The van der Waals surface area contributed by atoms with Crippen LogP contribution in [0.3, 0.4) is 0 Å². The summed E-state index contributed by atoms with van der Waals surface area (Å²) in [5.41, 5.74) is 1.58. The van der Waals surface area contributed by atoms with Gasteiger partial charge in [-0.2, -0.15) is 0 Å². The van der Waals surface area contributed by atoms with Crippen LogP contribution >= 0.6 is 11.6 Å². The smallest absolute Gasteiger partial charge is 0.130 e. The minimum Gasteiger partial charge on any atom is -0.384 e. The molecule has 0 bridgehead atoms. The molecule has 0 saturated carbocycles. The van der Waals surface area contributed by atoms with Gasteiger partial charge in [0.05, 0.1) is 0 Å². The van der Waals surface area contributed by atoms with E-state index in [0.29, 0.717) is 10.8 Å². The maximum absolute atomic E-state index is 8.45. The third-order valence-electron chi connectivity index (χ3n) is 1.35. The van der Waals surface area contributed by atoms with Gasteiger partial charge >= 0.3 is 0 Å². The number of hydrogen-bond acceptors (Lipinski definition) is 2. The largest absolute Gasteiger partial charge is 0.384 e. The van der Waals surface area contributed by atoms with Crippen molar-refractivity contribution in [2.75, 3.05) is 6.61 Å². The molecule has 0 fully saturated rings. The Bertz CT molecular complexity index is 338. The number of halogens is 1. The lowest BCUT2D eigenvalue weighted by Gasteiger charge is -1.95. The fraction of sp³-hybridized carbons (Fsp3) is 0.222. The van der Waals surface area contributed by atoms with Gasteiger partial charge in [-0.1, -0.05) is 23.6 Å². The first kappa shape index (κ1) is 9.05. The number of aryl methyl sites for hydroxylation is 1. The molecule has 0 aliphatic heterocycles. The highest BCUT2D eigenvalue weighted by Gasteiger charge is 1.96. The number of hydrogen-bond donors (Lipinski definition) is 1. The summed E-state index contributed by atoms with van der Waals surface area (Å²) in [4.78, 5) is 3.99. The molecule has 12 heavy (non-hydrogen) atoms. The Morgan fingerprint density at radius 2 is 2.33 bits per heavy atom. The van der Waals surface area contributed by atoms with E-state index in [1.54, 1.807) is 6.07 Å². The molecular formula is C9H8ClNO. The quantitative estimate of drug-likeness (QED) is 0.485. The van der Waals surface area contributed by atoms with Crippen LogP contribution in [0.1, 0.15) is 11.3 Å². The van der Waals surface area contributed by atoms with Gasteiger partial charge in [0.15, 0.2) is 0 Å². The van der Waals surface area contributed by atoms with Crippen LogP contribution in [-0.4, -0.2) is 16.7 Å². The molecule has 1 heterocycles. The monoisotopic (exact) mass is 181 g/mol. The van der Waals surface area contributed by atoms with E-state index >= 15 is 0 Å². The average molecular weight is 182 g/mol. The highest BCUT2D eigenvalue weighted by atomic mass is 35.5. The SMILES string of the molecule is Cc1ccc(Cl)nc1C#CCO. The first-order chi connectivity index (χ1) is 5.74. The van der Waals surface area contributed by atoms with Crippen molar-refractivity contribution in [1.29, 1.82) is 0 Å². The van der Waals surface area contributed by atoms with E-state index < -0.39 is 0 Å². The first-order valence-electron chi connectivity index (χ1n) is 3.47. The van der Waals surface area contributed by atoms with Crippen LogP contribution < -0.4 is 0 Å². The molecule has 0 atom stereocenters. The molecule has 0 aliphatic rings. The van der Waals surface area contributed by atoms with Crippen molar-refractivity contribution in [2.24, 2.45) is 0 Å². The van der Waals surface area contributed by atoms with Crippen molar-refractivity contribution in [3.63, 3.8) is 0 Å². The van der Waals surface area contributed by atoms with Crippen molar-refractivity contribution in [3.8, 4) is 11.8 Å². The highest BCUT2D eigenvalue weighted by molar-refractivity contribution is 6.29. The molecule has 0 radical (unpaired) electrons. The van der Waals surface area contributed by atoms with E-state index in [-0.39, 0.29) is 6.61 Å². The molecular weight excluding hydrogens is 174 g/mol. The molecule has 0 saturated heterocycles. The average Bonchev–Trinajstić information content (AvgIpc) is 2.07. The highest BCUT2D eigenvalue weighted by Crippen LogP contribution is 2.08. The fourth-order valence-electron chi connectivity index (χ4n) is 0.755. The number of aliphatic hydroxyl groups excluding tert-OH is 1. The number of nitrogens with zero attached hydrogens (tertiary/aromatic N) is 1. The second-order valence-corrected chi connectivity index (χ2v) is 2.65. The van der Waals surface area contributed by atoms with Crippen LogP contribution in [0.15, 0.2) is 12.1 Å². The molecule has 0 unspecified atom stereocenters. The zero-order valence-corrected chi connectivity index (χ0v) is 7.39. The van der Waals surface area contributed by atoms with Crippen molar-refractivity contribution in [1.82, 2.24) is 4.98 Å². The maximum Gasteiger partial charge on any atom is 0.130 e. The van der Waals surface area contributed by atoms with Crippen molar-refractivity contribution in [2.45, 2.75) is 6.92 Å². The van der Waals surface area contributed by atoms with Gasteiger partial charge in [0.1, 0.15) is 17.5 Å². The Hall–Kier alpha value is -1.04. The third-order valence-corrected chi connectivity index (χ3v) is 1.56. The zero-order valence-electron chi connectivity index (χ0n) is 6.63. The molecule has 1 N–H and O–H groups in total. The van der Waals surface area contributed by atoms with E-state index in [0.717, 1.165) is 5.56 Å². The molecule has 1 rings (SSSR count). The number of rotatable bonds is 0. The molecule has 62 valence electrons. The van der Waals surface area contributed by atoms with E-state index in [1.165, 1.54) is 0 Å². The Morgan fingerprint density at radius 1 is 1.58 bits per heavy atom. The summed E-state index contributed by atoms with van der Waals surface area (Å²) >= 11 is 5.65. The number of aliphatic hydroxyl groups is 1. The van der Waals surface area contributed by atoms with Crippen LogP contribution in [0.2, 0.25) is 5.15 Å². The molecule has 1 aromatic rings. The van der Waals surface area contributed by atoms with Gasteiger partial charge < -0.3 is 5.11 Å². The molecule has 0 spiro atoms. The minimum atomic E-state index is -0.159. The van der Waals surface area contributed by atoms with Gasteiger partial charge in [0.25, 0.3) is 0 Å². The van der Waals surface area contributed by atoms with E-state index in [2.05, 4.69) is 16.8 Å². The van der Waals surface area contributed by atoms with Gasteiger partial charge in [-0.05, 0) is 24.5 Å². The van der Waals surface area contributed by atoms with E-state index in [1.807, 2.05) is 13.0 Å². The lowest BCUT2D eigenvalue weighted by molar-refractivity contribution is 0.350. The van der Waals surface area contributed by atoms with Gasteiger partial charge in [0.2, 0.25) is 0 Å². The zero-order chi connectivity index (χ0) is 8.97.